The molecule has 5 heteroatoms. The molecule has 1 amide bonds. The van der Waals surface area contributed by atoms with Crippen LogP contribution in [0, 0.1) is 20.8 Å². The van der Waals surface area contributed by atoms with E-state index in [1.54, 1.807) is 12.1 Å². The molecule has 2 aromatic heterocycles. The molecule has 0 saturated heterocycles. The van der Waals surface area contributed by atoms with Crippen LogP contribution in [0.1, 0.15) is 27.2 Å². The van der Waals surface area contributed by atoms with Gasteiger partial charge in [-0.1, -0.05) is 29.3 Å². The minimum Gasteiger partial charge on any atom is -0.451 e. The molecule has 0 radical (unpaired) electrons. The normalized spacial score (nSPS) is 11.3. The second kappa shape index (κ2) is 6.88. The molecule has 5 aromatic rings. The van der Waals surface area contributed by atoms with Crippen LogP contribution < -0.4 is 5.32 Å². The average molecular weight is 396 g/mol. The molecular formula is C25H20N2O3. The van der Waals surface area contributed by atoms with Gasteiger partial charge in [0.1, 0.15) is 11.1 Å². The maximum Gasteiger partial charge on any atom is 0.291 e. The summed E-state index contributed by atoms with van der Waals surface area (Å²) < 4.78 is 11.7. The Morgan fingerprint density at radius 1 is 0.833 bits per heavy atom. The first kappa shape index (κ1) is 18.2. The summed E-state index contributed by atoms with van der Waals surface area (Å²) in [6.07, 6.45) is 0. The van der Waals surface area contributed by atoms with Crippen LogP contribution in [0.4, 0.5) is 5.69 Å². The molecule has 148 valence electrons. The minimum absolute atomic E-state index is 0.289. The van der Waals surface area contributed by atoms with Gasteiger partial charge in [-0.25, -0.2) is 4.98 Å². The molecule has 5 nitrogen and oxygen atoms in total. The SMILES string of the molecule is Cc1ccc(-c2nc3cc(NC(=O)c4oc5ccc(C)cc5c4C)ccc3o2)cc1. The lowest BCUT2D eigenvalue weighted by molar-refractivity contribution is 0.0998. The van der Waals surface area contributed by atoms with E-state index in [0.717, 1.165) is 22.1 Å². The zero-order valence-electron chi connectivity index (χ0n) is 16.9. The van der Waals surface area contributed by atoms with Crippen LogP contribution >= 0.6 is 0 Å². The van der Waals surface area contributed by atoms with Gasteiger partial charge in [0.2, 0.25) is 5.89 Å². The van der Waals surface area contributed by atoms with Gasteiger partial charge in [0, 0.05) is 22.2 Å². The Balaban J connectivity index is 1.44. The molecule has 0 aliphatic rings. The minimum atomic E-state index is -0.289. The van der Waals surface area contributed by atoms with Crippen molar-refractivity contribution in [1.82, 2.24) is 4.98 Å². The number of furan rings is 1. The van der Waals surface area contributed by atoms with Gasteiger partial charge in [-0.05, 0) is 63.2 Å². The van der Waals surface area contributed by atoms with Crippen molar-refractivity contribution in [3.63, 3.8) is 0 Å². The number of hydrogen-bond acceptors (Lipinski definition) is 4. The van der Waals surface area contributed by atoms with Gasteiger partial charge >= 0.3 is 0 Å². The van der Waals surface area contributed by atoms with E-state index in [1.165, 1.54) is 5.56 Å². The van der Waals surface area contributed by atoms with Crippen molar-refractivity contribution in [2.75, 3.05) is 5.32 Å². The molecule has 0 spiro atoms. The summed E-state index contributed by atoms with van der Waals surface area (Å²) in [7, 11) is 0. The maximum atomic E-state index is 12.8. The fourth-order valence-corrected chi connectivity index (χ4v) is 3.56. The largest absolute Gasteiger partial charge is 0.451 e. The molecule has 0 aliphatic carbocycles. The van der Waals surface area contributed by atoms with Crippen LogP contribution in [-0.2, 0) is 0 Å². The van der Waals surface area contributed by atoms with E-state index in [1.807, 2.05) is 69.3 Å². The number of amides is 1. The third kappa shape index (κ3) is 3.14. The molecule has 0 atom stereocenters. The standard InChI is InChI=1S/C25H20N2O3/c1-14-4-7-17(8-5-14)25-27-20-13-18(9-11-22(20)30-25)26-24(28)23-16(3)19-12-15(2)6-10-21(19)29-23/h4-13H,1-3H3,(H,26,28). The number of fused-ring (bicyclic) bond motifs is 2. The molecule has 0 aliphatic heterocycles. The number of carbonyl (C=O) groups excluding carboxylic acids is 1. The van der Waals surface area contributed by atoms with E-state index in [9.17, 15) is 4.79 Å². The van der Waals surface area contributed by atoms with Crippen LogP contribution in [0.15, 0.2) is 69.5 Å². The Labute approximate surface area is 173 Å². The number of anilines is 1. The fourth-order valence-electron chi connectivity index (χ4n) is 3.56. The Morgan fingerprint density at radius 3 is 2.37 bits per heavy atom. The highest BCUT2D eigenvalue weighted by molar-refractivity contribution is 6.07. The Morgan fingerprint density at radius 2 is 1.57 bits per heavy atom. The zero-order chi connectivity index (χ0) is 20.8. The van der Waals surface area contributed by atoms with E-state index in [2.05, 4.69) is 10.3 Å². The van der Waals surface area contributed by atoms with Crippen molar-refractivity contribution < 1.29 is 13.6 Å². The van der Waals surface area contributed by atoms with Crippen LogP contribution in [0.25, 0.3) is 33.5 Å². The second-order valence-corrected chi connectivity index (χ2v) is 7.58. The number of nitrogens with one attached hydrogen (secondary N) is 1. The molecule has 5 rings (SSSR count). The van der Waals surface area contributed by atoms with Gasteiger partial charge < -0.3 is 14.2 Å². The van der Waals surface area contributed by atoms with Crippen molar-refractivity contribution in [1.29, 1.82) is 0 Å². The zero-order valence-corrected chi connectivity index (χ0v) is 16.9. The van der Waals surface area contributed by atoms with Gasteiger partial charge in [0.15, 0.2) is 11.3 Å². The lowest BCUT2D eigenvalue weighted by Gasteiger charge is -2.03. The molecule has 2 heterocycles. The van der Waals surface area contributed by atoms with Gasteiger partial charge in [0.05, 0.1) is 0 Å². The molecule has 0 saturated carbocycles. The van der Waals surface area contributed by atoms with Crippen molar-refractivity contribution in [2.24, 2.45) is 0 Å². The third-order valence-corrected chi connectivity index (χ3v) is 5.24. The number of hydrogen-bond donors (Lipinski definition) is 1. The highest BCUT2D eigenvalue weighted by Gasteiger charge is 2.18. The number of rotatable bonds is 3. The van der Waals surface area contributed by atoms with E-state index >= 15 is 0 Å². The highest BCUT2D eigenvalue weighted by Crippen LogP contribution is 2.29. The Bertz CT molecular complexity index is 1410. The quantitative estimate of drug-likeness (QED) is 0.382. The Kier molecular flexibility index (Phi) is 4.17. The number of nitrogens with zero attached hydrogens (tertiary/aromatic N) is 1. The van der Waals surface area contributed by atoms with Crippen molar-refractivity contribution in [2.45, 2.75) is 20.8 Å². The lowest BCUT2D eigenvalue weighted by atomic mass is 10.1. The molecular weight excluding hydrogens is 376 g/mol. The smallest absolute Gasteiger partial charge is 0.291 e. The van der Waals surface area contributed by atoms with Gasteiger partial charge in [-0.3, -0.25) is 4.79 Å². The summed E-state index contributed by atoms with van der Waals surface area (Å²) in [5.74, 6) is 0.580. The summed E-state index contributed by atoms with van der Waals surface area (Å²) in [6, 6.07) is 19.3. The molecule has 3 aromatic carbocycles. The van der Waals surface area contributed by atoms with E-state index in [0.29, 0.717) is 34.0 Å². The highest BCUT2D eigenvalue weighted by atomic mass is 16.4. The van der Waals surface area contributed by atoms with Crippen molar-refractivity contribution >= 4 is 33.7 Å². The molecule has 1 N–H and O–H groups in total. The van der Waals surface area contributed by atoms with Crippen LogP contribution in [0.2, 0.25) is 0 Å². The first-order chi connectivity index (χ1) is 14.5. The van der Waals surface area contributed by atoms with Crippen molar-refractivity contribution in [3.8, 4) is 11.5 Å². The summed E-state index contributed by atoms with van der Waals surface area (Å²) in [6.45, 7) is 5.95. The van der Waals surface area contributed by atoms with E-state index in [-0.39, 0.29) is 5.91 Å². The molecule has 0 fully saturated rings. The summed E-state index contributed by atoms with van der Waals surface area (Å²) in [4.78, 5) is 17.4. The van der Waals surface area contributed by atoms with Gasteiger partial charge in [-0.15, -0.1) is 0 Å². The lowest BCUT2D eigenvalue weighted by Crippen LogP contribution is -2.12. The number of benzene rings is 3. The number of aromatic nitrogens is 1. The molecule has 0 unspecified atom stereocenters. The molecule has 0 bridgehead atoms. The first-order valence-electron chi connectivity index (χ1n) is 9.77. The number of aryl methyl sites for hydroxylation is 3. The second-order valence-electron chi connectivity index (χ2n) is 7.58. The van der Waals surface area contributed by atoms with Gasteiger partial charge in [0.25, 0.3) is 5.91 Å². The van der Waals surface area contributed by atoms with Crippen LogP contribution in [-0.4, -0.2) is 10.9 Å². The van der Waals surface area contributed by atoms with Gasteiger partial charge in [-0.2, -0.15) is 0 Å². The van der Waals surface area contributed by atoms with Crippen molar-refractivity contribution in [3.05, 3.63) is 83.1 Å². The first-order valence-corrected chi connectivity index (χ1v) is 9.77. The average Bonchev–Trinajstić information content (AvgIpc) is 3.29. The predicted octanol–water partition coefficient (Wildman–Crippen LogP) is 6.42. The monoisotopic (exact) mass is 396 g/mol. The fraction of sp³-hybridized carbons (Fsp3) is 0.120. The molecule has 30 heavy (non-hydrogen) atoms. The maximum absolute atomic E-state index is 12.8. The number of oxazole rings is 1. The van der Waals surface area contributed by atoms with E-state index < -0.39 is 0 Å². The number of carbonyl (C=O) groups is 1. The summed E-state index contributed by atoms with van der Waals surface area (Å²) in [5.41, 5.74) is 6.73. The predicted molar refractivity (Wildman–Crippen MR) is 118 cm³/mol. The van der Waals surface area contributed by atoms with Crippen LogP contribution in [0.5, 0.6) is 0 Å². The topological polar surface area (TPSA) is 68.3 Å². The summed E-state index contributed by atoms with van der Waals surface area (Å²) >= 11 is 0. The van der Waals surface area contributed by atoms with E-state index in [4.69, 9.17) is 8.83 Å². The summed E-state index contributed by atoms with van der Waals surface area (Å²) in [5, 5.41) is 3.86. The van der Waals surface area contributed by atoms with Crippen LogP contribution in [0.3, 0.4) is 0 Å². The Hall–Kier alpha value is -3.86. The third-order valence-electron chi connectivity index (χ3n) is 5.24.